The van der Waals surface area contributed by atoms with Crippen molar-refractivity contribution < 1.29 is 0 Å². The van der Waals surface area contributed by atoms with Gasteiger partial charge in [-0.25, -0.2) is 0 Å². The fourth-order valence-corrected chi connectivity index (χ4v) is 3.56. The standard InChI is InChI=1S/C16H32N2/c1-4-14-6-5-9-18(12-14)16-8-7-15(16)11-17-10-13(2)3/h13-17H,4-12H2,1-3H3. The normalized spacial score (nSPS) is 33.7. The molecule has 0 aromatic rings. The first-order valence-corrected chi connectivity index (χ1v) is 8.15. The Morgan fingerprint density at radius 3 is 2.67 bits per heavy atom. The van der Waals surface area contributed by atoms with Gasteiger partial charge >= 0.3 is 0 Å². The van der Waals surface area contributed by atoms with Crippen LogP contribution in [0.5, 0.6) is 0 Å². The fraction of sp³-hybridized carbons (Fsp3) is 1.00. The van der Waals surface area contributed by atoms with Gasteiger partial charge < -0.3 is 5.32 Å². The lowest BCUT2D eigenvalue weighted by Crippen LogP contribution is -2.53. The van der Waals surface area contributed by atoms with Gasteiger partial charge in [0.2, 0.25) is 0 Å². The lowest BCUT2D eigenvalue weighted by molar-refractivity contribution is 0.0277. The van der Waals surface area contributed by atoms with Crippen LogP contribution in [-0.2, 0) is 0 Å². The van der Waals surface area contributed by atoms with Crippen molar-refractivity contribution in [3.8, 4) is 0 Å². The van der Waals surface area contributed by atoms with Crippen molar-refractivity contribution in [2.75, 3.05) is 26.2 Å². The molecule has 0 spiro atoms. The molecule has 0 aromatic carbocycles. The molecular formula is C16H32N2. The highest BCUT2D eigenvalue weighted by molar-refractivity contribution is 4.92. The van der Waals surface area contributed by atoms with Gasteiger partial charge in [0.1, 0.15) is 0 Å². The Bertz CT molecular complexity index is 239. The molecule has 0 bridgehead atoms. The predicted octanol–water partition coefficient (Wildman–Crippen LogP) is 3.13. The molecule has 1 aliphatic carbocycles. The maximum Gasteiger partial charge on any atom is 0.0136 e. The highest BCUT2D eigenvalue weighted by Crippen LogP contribution is 2.34. The van der Waals surface area contributed by atoms with E-state index in [0.717, 1.165) is 23.8 Å². The minimum atomic E-state index is 0.781. The van der Waals surface area contributed by atoms with E-state index in [1.807, 2.05) is 0 Å². The van der Waals surface area contributed by atoms with Crippen molar-refractivity contribution in [3.63, 3.8) is 0 Å². The Morgan fingerprint density at radius 1 is 1.22 bits per heavy atom. The third-order valence-corrected chi connectivity index (χ3v) is 4.93. The smallest absolute Gasteiger partial charge is 0.0136 e. The summed E-state index contributed by atoms with van der Waals surface area (Å²) in [6.45, 7) is 12.1. The zero-order chi connectivity index (χ0) is 13.0. The molecule has 18 heavy (non-hydrogen) atoms. The highest BCUT2D eigenvalue weighted by Gasteiger charge is 2.36. The molecule has 0 radical (unpaired) electrons. The van der Waals surface area contributed by atoms with Crippen molar-refractivity contribution in [1.29, 1.82) is 0 Å². The molecule has 2 nitrogen and oxygen atoms in total. The average Bonchev–Trinajstić information content (AvgIpc) is 2.33. The monoisotopic (exact) mass is 252 g/mol. The second kappa shape index (κ2) is 6.91. The number of nitrogens with zero attached hydrogens (tertiary/aromatic N) is 1. The summed E-state index contributed by atoms with van der Waals surface area (Å²) in [5, 5.41) is 3.65. The van der Waals surface area contributed by atoms with E-state index in [-0.39, 0.29) is 0 Å². The van der Waals surface area contributed by atoms with E-state index in [0.29, 0.717) is 0 Å². The molecule has 2 aliphatic rings. The molecule has 2 fully saturated rings. The summed E-state index contributed by atoms with van der Waals surface area (Å²) in [4.78, 5) is 2.81. The predicted molar refractivity (Wildman–Crippen MR) is 78.8 cm³/mol. The van der Waals surface area contributed by atoms with Gasteiger partial charge in [-0.2, -0.15) is 0 Å². The molecule has 2 rings (SSSR count). The van der Waals surface area contributed by atoms with Crippen LogP contribution in [0.15, 0.2) is 0 Å². The summed E-state index contributed by atoms with van der Waals surface area (Å²) in [5.41, 5.74) is 0. The Balaban J connectivity index is 1.72. The van der Waals surface area contributed by atoms with Crippen molar-refractivity contribution in [2.24, 2.45) is 17.8 Å². The van der Waals surface area contributed by atoms with Crippen LogP contribution >= 0.6 is 0 Å². The summed E-state index contributed by atoms with van der Waals surface area (Å²) in [6, 6.07) is 0.902. The zero-order valence-electron chi connectivity index (χ0n) is 12.6. The number of piperidine rings is 1. The number of nitrogens with one attached hydrogen (secondary N) is 1. The lowest BCUT2D eigenvalue weighted by atomic mass is 9.77. The van der Waals surface area contributed by atoms with Gasteiger partial charge in [-0.05, 0) is 63.1 Å². The van der Waals surface area contributed by atoms with Crippen molar-refractivity contribution in [3.05, 3.63) is 0 Å². The quantitative estimate of drug-likeness (QED) is 0.781. The number of likely N-dealkylation sites (tertiary alicyclic amines) is 1. The van der Waals surface area contributed by atoms with Gasteiger partial charge in [0.25, 0.3) is 0 Å². The maximum atomic E-state index is 3.65. The largest absolute Gasteiger partial charge is 0.316 e. The first-order chi connectivity index (χ1) is 8.70. The van der Waals surface area contributed by atoms with Crippen LogP contribution < -0.4 is 5.32 Å². The first-order valence-electron chi connectivity index (χ1n) is 8.15. The molecule has 2 heteroatoms. The topological polar surface area (TPSA) is 15.3 Å². The molecule has 1 aliphatic heterocycles. The summed E-state index contributed by atoms with van der Waals surface area (Å²) >= 11 is 0. The zero-order valence-corrected chi connectivity index (χ0v) is 12.6. The molecule has 3 atom stereocenters. The molecular weight excluding hydrogens is 220 g/mol. The number of rotatable bonds is 6. The molecule has 1 saturated carbocycles. The van der Waals surface area contributed by atoms with Crippen LogP contribution in [0.25, 0.3) is 0 Å². The molecule has 0 amide bonds. The average molecular weight is 252 g/mol. The first kappa shape index (κ1) is 14.3. The molecule has 1 N–H and O–H groups in total. The molecule has 0 aromatic heterocycles. The summed E-state index contributed by atoms with van der Waals surface area (Å²) in [5.74, 6) is 2.69. The SMILES string of the molecule is CCC1CCCN(C2CCC2CNCC(C)C)C1. The van der Waals surface area contributed by atoms with Gasteiger partial charge in [0.05, 0.1) is 0 Å². The van der Waals surface area contributed by atoms with Gasteiger partial charge in [-0.1, -0.05) is 27.2 Å². The Morgan fingerprint density at radius 2 is 2.06 bits per heavy atom. The van der Waals surface area contributed by atoms with Crippen LogP contribution in [-0.4, -0.2) is 37.1 Å². The van der Waals surface area contributed by atoms with Crippen LogP contribution in [0.2, 0.25) is 0 Å². The highest BCUT2D eigenvalue weighted by atomic mass is 15.2. The Kier molecular flexibility index (Phi) is 5.50. The van der Waals surface area contributed by atoms with E-state index in [4.69, 9.17) is 0 Å². The van der Waals surface area contributed by atoms with Crippen LogP contribution in [0.4, 0.5) is 0 Å². The molecule has 1 heterocycles. The van der Waals surface area contributed by atoms with Crippen molar-refractivity contribution in [2.45, 2.75) is 58.9 Å². The minimum absolute atomic E-state index is 0.781. The van der Waals surface area contributed by atoms with Crippen LogP contribution in [0.3, 0.4) is 0 Å². The summed E-state index contributed by atoms with van der Waals surface area (Å²) < 4.78 is 0. The lowest BCUT2D eigenvalue weighted by Gasteiger charge is -2.47. The Labute approximate surface area is 114 Å². The molecule has 106 valence electrons. The van der Waals surface area contributed by atoms with Crippen molar-refractivity contribution >= 4 is 0 Å². The molecule has 3 unspecified atom stereocenters. The number of hydrogen-bond acceptors (Lipinski definition) is 2. The van der Waals surface area contributed by atoms with Crippen LogP contribution in [0.1, 0.15) is 52.9 Å². The fourth-order valence-electron chi connectivity index (χ4n) is 3.56. The summed E-state index contributed by atoms with van der Waals surface area (Å²) in [7, 11) is 0. The summed E-state index contributed by atoms with van der Waals surface area (Å²) in [6.07, 6.45) is 7.17. The second-order valence-electron chi connectivity index (χ2n) is 6.87. The van der Waals surface area contributed by atoms with Gasteiger partial charge in [-0.3, -0.25) is 4.90 Å². The van der Waals surface area contributed by atoms with E-state index in [1.165, 1.54) is 58.3 Å². The van der Waals surface area contributed by atoms with Crippen LogP contribution in [0, 0.1) is 17.8 Å². The molecule has 1 saturated heterocycles. The van der Waals surface area contributed by atoms with E-state index in [1.54, 1.807) is 0 Å². The van der Waals surface area contributed by atoms with Gasteiger partial charge in [0, 0.05) is 12.6 Å². The van der Waals surface area contributed by atoms with E-state index >= 15 is 0 Å². The second-order valence-corrected chi connectivity index (χ2v) is 6.87. The Hall–Kier alpha value is -0.0800. The third kappa shape index (κ3) is 3.71. The van der Waals surface area contributed by atoms with E-state index < -0.39 is 0 Å². The van der Waals surface area contributed by atoms with Gasteiger partial charge in [-0.15, -0.1) is 0 Å². The third-order valence-electron chi connectivity index (χ3n) is 4.93. The maximum absolute atomic E-state index is 3.65. The minimum Gasteiger partial charge on any atom is -0.316 e. The van der Waals surface area contributed by atoms with Crippen molar-refractivity contribution in [1.82, 2.24) is 10.2 Å². The number of hydrogen-bond donors (Lipinski definition) is 1. The van der Waals surface area contributed by atoms with E-state index in [9.17, 15) is 0 Å². The van der Waals surface area contributed by atoms with E-state index in [2.05, 4.69) is 31.0 Å². The van der Waals surface area contributed by atoms with Gasteiger partial charge in [0.15, 0.2) is 0 Å².